The Bertz CT molecular complexity index is 785. The fourth-order valence-electron chi connectivity index (χ4n) is 3.57. The van der Waals surface area contributed by atoms with Crippen LogP contribution < -0.4 is 5.32 Å². The molecule has 2 heterocycles. The van der Waals surface area contributed by atoms with Crippen LogP contribution in [0.15, 0.2) is 15.7 Å². The van der Waals surface area contributed by atoms with Gasteiger partial charge in [-0.2, -0.15) is 5.26 Å². The van der Waals surface area contributed by atoms with Crippen molar-refractivity contribution in [2.45, 2.75) is 31.9 Å². The van der Waals surface area contributed by atoms with Crippen LogP contribution >= 0.6 is 11.8 Å². The number of carbonyl (C=O) groups excluding carboxylic acids is 2. The molecule has 0 radical (unpaired) electrons. The number of β-lactam (4-membered cyclic amide) rings is 1. The molecule has 4 atom stereocenters. The second kappa shape index (κ2) is 9.45. The highest BCUT2D eigenvalue weighted by Gasteiger charge is 2.60. The smallest absolute Gasteiger partial charge is 0.353 e. The van der Waals surface area contributed by atoms with Gasteiger partial charge in [0.25, 0.3) is 0 Å². The van der Waals surface area contributed by atoms with Gasteiger partial charge in [0.15, 0.2) is 0 Å². The minimum absolute atomic E-state index is 0.111. The molecule has 0 unspecified atom stereocenters. The third-order valence-electron chi connectivity index (χ3n) is 4.66. The van der Waals surface area contributed by atoms with Crippen molar-refractivity contribution in [1.82, 2.24) is 10.2 Å². The second-order valence-corrected chi connectivity index (χ2v) is 7.51. The number of nitrogens with one attached hydrogen (secondary N) is 1. The van der Waals surface area contributed by atoms with Crippen molar-refractivity contribution < 1.29 is 24.6 Å². The van der Waals surface area contributed by atoms with Crippen molar-refractivity contribution in [3.05, 3.63) is 21.0 Å². The van der Waals surface area contributed by atoms with Crippen molar-refractivity contribution in [2.24, 2.45) is 17.0 Å². The predicted octanol–water partition coefficient (Wildman–Crippen LogP) is 0.584. The first-order valence-corrected chi connectivity index (χ1v) is 9.59. The van der Waals surface area contributed by atoms with Crippen molar-refractivity contribution in [3.8, 4) is 6.07 Å². The van der Waals surface area contributed by atoms with Crippen LogP contribution in [0.3, 0.4) is 0 Å². The number of hydrogen-bond acceptors (Lipinski definition) is 7. The zero-order chi connectivity index (χ0) is 20.8. The number of nitrogens with zero attached hydrogens (tertiary/aromatic N) is 5. The maximum atomic E-state index is 12.4. The number of hydrogen-bond donors (Lipinski definition) is 3. The van der Waals surface area contributed by atoms with Gasteiger partial charge in [0, 0.05) is 34.5 Å². The zero-order valence-corrected chi connectivity index (χ0v) is 15.9. The lowest BCUT2D eigenvalue weighted by Gasteiger charge is -2.47. The number of rotatable bonds is 10. The number of carbonyl (C=O) groups is 3. The molecule has 2 rings (SSSR count). The topological polar surface area (TPSA) is 179 Å². The van der Waals surface area contributed by atoms with E-state index >= 15 is 0 Å². The lowest BCUT2D eigenvalue weighted by atomic mass is 9.77. The summed E-state index contributed by atoms with van der Waals surface area (Å²) in [7, 11) is 0. The number of fused-ring (bicyclic) bond motifs is 1. The summed E-state index contributed by atoms with van der Waals surface area (Å²) in [6.45, 7) is 1.33. The molecular weight excluding hydrogens is 388 g/mol. The standard InChI is InChI=1S/C16H20N6O5S/c1-8(23)11-12-9(3-5-19-10(24)7-20-21-18)14(28-6-2-4-17)13(16(26)27)22(12)15(11)25/h8-9,11-12,23H,2-3,5-7H2,1H3,(H,19,24)(H,26,27)/t8-,9-,11-,12-/m1/s1. The fourth-order valence-corrected chi connectivity index (χ4v) is 4.78. The molecule has 2 aliphatic rings. The molecule has 0 bridgehead atoms. The summed E-state index contributed by atoms with van der Waals surface area (Å²) in [6, 6.07) is 1.49. The first-order valence-electron chi connectivity index (χ1n) is 8.61. The van der Waals surface area contributed by atoms with E-state index in [2.05, 4.69) is 15.3 Å². The maximum Gasteiger partial charge on any atom is 0.353 e. The van der Waals surface area contributed by atoms with E-state index in [1.54, 1.807) is 0 Å². The van der Waals surface area contributed by atoms with Crippen molar-refractivity contribution in [2.75, 3.05) is 18.8 Å². The molecule has 150 valence electrons. The minimum atomic E-state index is -1.24. The van der Waals surface area contributed by atoms with E-state index in [1.165, 1.54) is 23.6 Å². The molecule has 0 aromatic carbocycles. The molecule has 12 heteroatoms. The van der Waals surface area contributed by atoms with Gasteiger partial charge in [0.05, 0.1) is 24.1 Å². The molecule has 0 aromatic heterocycles. The molecule has 28 heavy (non-hydrogen) atoms. The quantitative estimate of drug-likeness (QED) is 0.155. The molecule has 0 saturated carbocycles. The minimum Gasteiger partial charge on any atom is -0.477 e. The van der Waals surface area contributed by atoms with Crippen LogP contribution in [0.25, 0.3) is 10.4 Å². The molecule has 0 aromatic rings. The zero-order valence-electron chi connectivity index (χ0n) is 15.1. The van der Waals surface area contributed by atoms with E-state index in [0.29, 0.717) is 17.1 Å². The highest BCUT2D eigenvalue weighted by molar-refractivity contribution is 8.03. The third kappa shape index (κ3) is 4.22. The van der Waals surface area contributed by atoms with Crippen molar-refractivity contribution >= 4 is 29.5 Å². The molecule has 0 spiro atoms. The molecule has 2 amide bonds. The summed E-state index contributed by atoms with van der Waals surface area (Å²) in [5, 5.41) is 34.1. The molecule has 2 aliphatic heterocycles. The van der Waals surface area contributed by atoms with Crippen LogP contribution in [0.2, 0.25) is 0 Å². The monoisotopic (exact) mass is 408 g/mol. The van der Waals surface area contributed by atoms with Crippen LogP contribution in [0, 0.1) is 23.2 Å². The van der Waals surface area contributed by atoms with E-state index in [1.807, 2.05) is 6.07 Å². The average Bonchev–Trinajstić information content (AvgIpc) is 2.90. The summed E-state index contributed by atoms with van der Waals surface area (Å²) in [5.74, 6) is -2.87. The second-order valence-electron chi connectivity index (χ2n) is 6.37. The van der Waals surface area contributed by atoms with Crippen LogP contribution in [0.4, 0.5) is 0 Å². The summed E-state index contributed by atoms with van der Waals surface area (Å²) in [4.78, 5) is 40.0. The van der Waals surface area contributed by atoms with E-state index in [4.69, 9.17) is 10.8 Å². The largest absolute Gasteiger partial charge is 0.477 e. The van der Waals surface area contributed by atoms with Gasteiger partial charge in [-0.15, -0.1) is 11.8 Å². The highest BCUT2D eigenvalue weighted by atomic mass is 32.2. The number of aliphatic hydroxyl groups excluding tert-OH is 1. The molecule has 1 saturated heterocycles. The third-order valence-corrected chi connectivity index (χ3v) is 5.88. The van der Waals surface area contributed by atoms with E-state index in [9.17, 15) is 24.6 Å². The first kappa shape index (κ1) is 21.6. The Labute approximate surface area is 165 Å². The molecular formula is C16H20N6O5S. The van der Waals surface area contributed by atoms with Crippen molar-refractivity contribution in [3.63, 3.8) is 0 Å². The van der Waals surface area contributed by atoms with Crippen LogP contribution in [0.5, 0.6) is 0 Å². The van der Waals surface area contributed by atoms with Crippen LogP contribution in [-0.2, 0) is 14.4 Å². The Morgan fingerprint density at radius 3 is 2.82 bits per heavy atom. The van der Waals surface area contributed by atoms with E-state index < -0.39 is 35.8 Å². The molecule has 11 nitrogen and oxygen atoms in total. The van der Waals surface area contributed by atoms with E-state index in [0.717, 1.165) is 0 Å². The number of amides is 2. The summed E-state index contributed by atoms with van der Waals surface area (Å²) < 4.78 is 0. The van der Waals surface area contributed by atoms with Gasteiger partial charge >= 0.3 is 5.97 Å². The van der Waals surface area contributed by atoms with Gasteiger partial charge in [-0.3, -0.25) is 9.59 Å². The van der Waals surface area contributed by atoms with Crippen LogP contribution in [-0.4, -0.2) is 63.9 Å². The summed E-state index contributed by atoms with van der Waals surface area (Å²) in [5.41, 5.74) is 8.13. The number of thioether (sulfide) groups is 1. The number of carboxylic acids is 1. The fraction of sp³-hybridized carbons (Fsp3) is 0.625. The number of aliphatic hydroxyl groups is 1. The maximum absolute atomic E-state index is 12.4. The van der Waals surface area contributed by atoms with Gasteiger partial charge in [-0.25, -0.2) is 4.79 Å². The summed E-state index contributed by atoms with van der Waals surface area (Å²) in [6.07, 6.45) is -0.380. The van der Waals surface area contributed by atoms with Gasteiger partial charge in [0.2, 0.25) is 11.8 Å². The Balaban J connectivity index is 2.22. The number of azide groups is 1. The lowest BCUT2D eigenvalue weighted by molar-refractivity contribution is -0.163. The Hall–Kier alpha value is -2.74. The number of aliphatic carboxylic acids is 1. The lowest BCUT2D eigenvalue weighted by Crippen LogP contribution is -2.64. The SMILES string of the molecule is C[C@@H](O)[C@H]1C(=O)N2C(C(=O)O)=C(SCCC#N)[C@H](CCNC(=O)CN=[N+]=[N-])[C@H]12. The predicted molar refractivity (Wildman–Crippen MR) is 98.3 cm³/mol. The average molecular weight is 408 g/mol. The van der Waals surface area contributed by atoms with E-state index in [-0.39, 0.29) is 31.1 Å². The molecule has 0 aliphatic carbocycles. The normalized spacial score (nSPS) is 24.0. The van der Waals surface area contributed by atoms with Gasteiger partial charge in [0.1, 0.15) is 12.2 Å². The number of nitriles is 1. The van der Waals surface area contributed by atoms with Gasteiger partial charge in [-0.1, -0.05) is 5.11 Å². The highest BCUT2D eigenvalue weighted by Crippen LogP contribution is 2.51. The van der Waals surface area contributed by atoms with Crippen LogP contribution in [0.1, 0.15) is 19.8 Å². The Morgan fingerprint density at radius 2 is 2.25 bits per heavy atom. The molecule has 1 fully saturated rings. The Morgan fingerprint density at radius 1 is 1.54 bits per heavy atom. The molecule has 3 N–H and O–H groups in total. The Kier molecular flexibility index (Phi) is 7.28. The van der Waals surface area contributed by atoms with Gasteiger partial charge in [-0.05, 0) is 18.9 Å². The summed E-state index contributed by atoms with van der Waals surface area (Å²) >= 11 is 1.21. The number of carboxylic acid groups (broad SMARTS) is 1. The first-order chi connectivity index (χ1) is 13.3. The van der Waals surface area contributed by atoms with Crippen molar-refractivity contribution in [1.29, 1.82) is 5.26 Å². The van der Waals surface area contributed by atoms with Gasteiger partial charge < -0.3 is 20.4 Å².